The first-order chi connectivity index (χ1) is 10.2. The minimum atomic E-state index is 0.389. The number of hydrogen-bond acceptors (Lipinski definition) is 1. The summed E-state index contributed by atoms with van der Waals surface area (Å²) >= 11 is 0. The van der Waals surface area contributed by atoms with E-state index in [9.17, 15) is 0 Å². The van der Waals surface area contributed by atoms with E-state index in [1.54, 1.807) is 0 Å². The number of nitrogens with one attached hydrogen (secondary N) is 1. The Hall–Kier alpha value is -1.31. The molecule has 0 atom stereocenters. The summed E-state index contributed by atoms with van der Waals surface area (Å²) < 4.78 is 0. The maximum absolute atomic E-state index is 5.02. The SMILES string of the molecule is CCc1ccc2nc(C34CC5CC(CC(C5)C3)C4)[nH]c2c1. The molecule has 4 aliphatic rings. The molecule has 4 aliphatic carbocycles. The normalized spacial score (nSPS) is 37.5. The third-order valence-electron chi connectivity index (χ3n) is 6.50. The van der Waals surface area contributed by atoms with Gasteiger partial charge in [-0.3, -0.25) is 0 Å². The molecule has 0 saturated heterocycles. The summed E-state index contributed by atoms with van der Waals surface area (Å²) in [5.41, 5.74) is 4.21. The second-order valence-corrected chi connectivity index (χ2v) is 7.99. The number of nitrogens with zero attached hydrogens (tertiary/aromatic N) is 1. The Morgan fingerprint density at radius 1 is 1.10 bits per heavy atom. The summed E-state index contributed by atoms with van der Waals surface area (Å²) in [6.07, 6.45) is 9.76. The number of aromatic nitrogens is 2. The number of rotatable bonds is 2. The van der Waals surface area contributed by atoms with E-state index in [-0.39, 0.29) is 0 Å². The predicted molar refractivity (Wildman–Crippen MR) is 85.3 cm³/mol. The fourth-order valence-electron chi connectivity index (χ4n) is 5.93. The average molecular weight is 280 g/mol. The van der Waals surface area contributed by atoms with Crippen molar-refractivity contribution < 1.29 is 0 Å². The lowest BCUT2D eigenvalue weighted by Gasteiger charge is -2.55. The van der Waals surface area contributed by atoms with Gasteiger partial charge in [-0.1, -0.05) is 13.0 Å². The van der Waals surface area contributed by atoms with Crippen LogP contribution in [0.1, 0.15) is 56.8 Å². The van der Waals surface area contributed by atoms with E-state index in [0.29, 0.717) is 5.41 Å². The van der Waals surface area contributed by atoms with Gasteiger partial charge in [0.25, 0.3) is 0 Å². The molecule has 1 N–H and O–H groups in total. The van der Waals surface area contributed by atoms with Crippen molar-refractivity contribution in [3.63, 3.8) is 0 Å². The molecule has 1 aromatic heterocycles. The molecule has 21 heavy (non-hydrogen) atoms. The summed E-state index contributed by atoms with van der Waals surface area (Å²) in [6.45, 7) is 2.22. The van der Waals surface area contributed by atoms with Gasteiger partial charge in [0.2, 0.25) is 0 Å². The lowest BCUT2D eigenvalue weighted by Crippen LogP contribution is -2.49. The first-order valence-electron chi connectivity index (χ1n) is 8.73. The number of imidazole rings is 1. The van der Waals surface area contributed by atoms with Crippen molar-refractivity contribution in [2.24, 2.45) is 17.8 Å². The van der Waals surface area contributed by atoms with Gasteiger partial charge in [0.1, 0.15) is 5.82 Å². The zero-order valence-electron chi connectivity index (χ0n) is 12.9. The van der Waals surface area contributed by atoms with Crippen LogP contribution in [0.25, 0.3) is 11.0 Å². The first kappa shape index (κ1) is 12.3. The fourth-order valence-corrected chi connectivity index (χ4v) is 5.93. The Labute approximate surface area is 126 Å². The van der Waals surface area contributed by atoms with Gasteiger partial charge in [-0.2, -0.15) is 0 Å². The van der Waals surface area contributed by atoms with Gasteiger partial charge in [0.15, 0.2) is 0 Å². The standard InChI is InChI=1S/C19H24N2/c1-2-12-3-4-16-17(8-12)21-18(20-16)19-9-13-5-14(10-19)7-15(6-13)11-19/h3-4,8,13-15H,2,5-7,9-11H2,1H3,(H,20,21). The van der Waals surface area contributed by atoms with E-state index in [0.717, 1.165) is 29.7 Å². The van der Waals surface area contributed by atoms with Crippen LogP contribution >= 0.6 is 0 Å². The highest BCUT2D eigenvalue weighted by Gasteiger charge is 2.53. The average Bonchev–Trinajstić information content (AvgIpc) is 2.89. The van der Waals surface area contributed by atoms with E-state index in [4.69, 9.17) is 4.98 Å². The van der Waals surface area contributed by atoms with Gasteiger partial charge in [0.05, 0.1) is 11.0 Å². The molecule has 1 aromatic carbocycles. The third kappa shape index (κ3) is 1.74. The molecule has 1 heterocycles. The van der Waals surface area contributed by atoms with Crippen LogP contribution in [0.3, 0.4) is 0 Å². The smallest absolute Gasteiger partial charge is 0.113 e. The molecule has 110 valence electrons. The number of fused-ring (bicyclic) bond motifs is 1. The van der Waals surface area contributed by atoms with Crippen LogP contribution in [0.2, 0.25) is 0 Å². The highest BCUT2D eigenvalue weighted by Crippen LogP contribution is 2.60. The van der Waals surface area contributed by atoms with Gasteiger partial charge in [0, 0.05) is 5.41 Å². The molecule has 0 aliphatic heterocycles. The molecular weight excluding hydrogens is 256 g/mol. The monoisotopic (exact) mass is 280 g/mol. The van der Waals surface area contributed by atoms with Crippen molar-refractivity contribution in [2.75, 3.05) is 0 Å². The molecule has 0 amide bonds. The van der Waals surface area contributed by atoms with Crippen LogP contribution in [-0.2, 0) is 11.8 Å². The topological polar surface area (TPSA) is 28.7 Å². The molecule has 4 bridgehead atoms. The molecule has 4 saturated carbocycles. The van der Waals surface area contributed by atoms with Crippen LogP contribution in [0.4, 0.5) is 0 Å². The quantitative estimate of drug-likeness (QED) is 0.856. The van der Waals surface area contributed by atoms with Crippen LogP contribution in [0.5, 0.6) is 0 Å². The fraction of sp³-hybridized carbons (Fsp3) is 0.632. The zero-order chi connectivity index (χ0) is 14.0. The van der Waals surface area contributed by atoms with Gasteiger partial charge in [-0.05, 0) is 80.4 Å². The summed E-state index contributed by atoms with van der Waals surface area (Å²) in [6, 6.07) is 6.73. The van der Waals surface area contributed by atoms with Gasteiger partial charge < -0.3 is 4.98 Å². The zero-order valence-corrected chi connectivity index (χ0v) is 12.9. The maximum Gasteiger partial charge on any atom is 0.113 e. The number of hydrogen-bond donors (Lipinski definition) is 1. The largest absolute Gasteiger partial charge is 0.341 e. The number of benzene rings is 1. The van der Waals surface area contributed by atoms with Crippen LogP contribution in [-0.4, -0.2) is 9.97 Å². The summed E-state index contributed by atoms with van der Waals surface area (Å²) in [5.74, 6) is 4.26. The van der Waals surface area contributed by atoms with E-state index in [1.165, 1.54) is 55.4 Å². The minimum Gasteiger partial charge on any atom is -0.341 e. The van der Waals surface area contributed by atoms with Crippen LogP contribution in [0, 0.1) is 17.8 Å². The molecule has 0 radical (unpaired) electrons. The van der Waals surface area contributed by atoms with E-state index < -0.39 is 0 Å². The Balaban J connectivity index is 1.60. The molecule has 2 heteroatoms. The maximum atomic E-state index is 5.02. The van der Waals surface area contributed by atoms with E-state index in [1.807, 2.05) is 0 Å². The van der Waals surface area contributed by atoms with Crippen molar-refractivity contribution in [3.05, 3.63) is 29.6 Å². The van der Waals surface area contributed by atoms with Gasteiger partial charge in [-0.15, -0.1) is 0 Å². The summed E-state index contributed by atoms with van der Waals surface area (Å²) in [5, 5.41) is 0. The highest BCUT2D eigenvalue weighted by atomic mass is 14.9. The lowest BCUT2D eigenvalue weighted by molar-refractivity contribution is -0.00886. The van der Waals surface area contributed by atoms with Crippen molar-refractivity contribution >= 4 is 11.0 Å². The Morgan fingerprint density at radius 3 is 2.38 bits per heavy atom. The molecule has 6 rings (SSSR count). The number of aromatic amines is 1. The summed E-state index contributed by atoms with van der Waals surface area (Å²) in [7, 11) is 0. The summed E-state index contributed by atoms with van der Waals surface area (Å²) in [4.78, 5) is 8.74. The van der Waals surface area contributed by atoms with E-state index in [2.05, 4.69) is 30.1 Å². The Kier molecular flexibility index (Phi) is 2.40. The molecular formula is C19H24N2. The van der Waals surface area contributed by atoms with Crippen LogP contribution < -0.4 is 0 Å². The molecule has 0 unspecified atom stereocenters. The van der Waals surface area contributed by atoms with Crippen molar-refractivity contribution in [2.45, 2.75) is 57.3 Å². The van der Waals surface area contributed by atoms with E-state index >= 15 is 0 Å². The van der Waals surface area contributed by atoms with Gasteiger partial charge >= 0.3 is 0 Å². The Bertz CT molecular complexity index is 661. The van der Waals surface area contributed by atoms with Crippen molar-refractivity contribution in [1.29, 1.82) is 0 Å². The molecule has 4 fully saturated rings. The second kappa shape index (κ2) is 4.12. The van der Waals surface area contributed by atoms with Crippen molar-refractivity contribution in [3.8, 4) is 0 Å². The minimum absolute atomic E-state index is 0.389. The Morgan fingerprint density at radius 2 is 1.76 bits per heavy atom. The lowest BCUT2D eigenvalue weighted by atomic mass is 9.49. The predicted octanol–water partition coefficient (Wildman–Crippen LogP) is 4.59. The van der Waals surface area contributed by atoms with Gasteiger partial charge in [-0.25, -0.2) is 4.98 Å². The van der Waals surface area contributed by atoms with Crippen LogP contribution in [0.15, 0.2) is 18.2 Å². The third-order valence-corrected chi connectivity index (χ3v) is 6.50. The molecule has 0 spiro atoms. The first-order valence-corrected chi connectivity index (χ1v) is 8.73. The second-order valence-electron chi connectivity index (χ2n) is 7.99. The highest BCUT2D eigenvalue weighted by molar-refractivity contribution is 5.76. The molecule has 2 aromatic rings. The van der Waals surface area contributed by atoms with Crippen molar-refractivity contribution in [1.82, 2.24) is 9.97 Å². The number of H-pyrrole nitrogens is 1. The molecule has 2 nitrogen and oxygen atoms in total. The number of aryl methyl sites for hydroxylation is 1.